The fraction of sp³-hybridized carbons (Fsp3) is 0.286. The number of carboxylic acid groups (broad SMARTS) is 1. The molecule has 3 aromatic rings. The molecule has 11 heteroatoms. The Hall–Kier alpha value is -4.02. The quantitative estimate of drug-likeness (QED) is 0.483. The molecule has 1 aliphatic rings. The van der Waals surface area contributed by atoms with Crippen LogP contribution in [-0.2, 0) is 0 Å². The van der Waals surface area contributed by atoms with Crippen LogP contribution >= 0.6 is 0 Å². The van der Waals surface area contributed by atoms with E-state index in [1.807, 2.05) is 0 Å². The number of likely N-dealkylation sites (tertiary alicyclic amines) is 1. The summed E-state index contributed by atoms with van der Waals surface area (Å²) < 4.78 is 20.5. The Morgan fingerprint density at radius 3 is 2.72 bits per heavy atom. The van der Waals surface area contributed by atoms with Crippen molar-refractivity contribution in [2.75, 3.05) is 13.7 Å². The monoisotopic (exact) mass is 442 g/mol. The molecule has 1 unspecified atom stereocenters. The zero-order valence-corrected chi connectivity index (χ0v) is 17.2. The van der Waals surface area contributed by atoms with Gasteiger partial charge in [0, 0.05) is 24.7 Å². The molecular formula is C21H19FN4O6. The second kappa shape index (κ2) is 7.91. The van der Waals surface area contributed by atoms with Crippen molar-refractivity contribution >= 4 is 22.7 Å². The number of methoxy groups -OCH3 is 1. The van der Waals surface area contributed by atoms with Crippen molar-refractivity contribution in [3.63, 3.8) is 0 Å². The molecule has 1 amide bonds. The van der Waals surface area contributed by atoms with Gasteiger partial charge in [0.15, 0.2) is 11.6 Å². The SMILES string of the molecule is COc1ccc(-n2c(C3CCCN3C(=O)O)nc3c(C)cc([N+](=O)[O-])cc3c2=O)cc1F. The fourth-order valence-corrected chi connectivity index (χ4v) is 4.10. The maximum absolute atomic E-state index is 14.5. The Morgan fingerprint density at radius 2 is 2.09 bits per heavy atom. The zero-order chi connectivity index (χ0) is 23.2. The third kappa shape index (κ3) is 3.41. The molecular weight excluding hydrogens is 423 g/mol. The Labute approximate surface area is 180 Å². The van der Waals surface area contributed by atoms with Crippen LogP contribution in [-0.4, -0.2) is 44.2 Å². The van der Waals surface area contributed by atoms with Crippen LogP contribution in [0.15, 0.2) is 35.1 Å². The highest BCUT2D eigenvalue weighted by Gasteiger charge is 2.34. The molecule has 1 aromatic heterocycles. The summed E-state index contributed by atoms with van der Waals surface area (Å²) in [5.41, 5.74) is -0.182. The summed E-state index contributed by atoms with van der Waals surface area (Å²) in [4.78, 5) is 41.8. The molecule has 1 atom stereocenters. The number of amides is 1. The third-order valence-corrected chi connectivity index (χ3v) is 5.58. The largest absolute Gasteiger partial charge is 0.494 e. The Kier molecular flexibility index (Phi) is 5.25. The van der Waals surface area contributed by atoms with Crippen molar-refractivity contribution in [3.8, 4) is 11.4 Å². The maximum atomic E-state index is 14.5. The molecule has 1 fully saturated rings. The number of hydrogen-bond acceptors (Lipinski definition) is 6. The molecule has 1 N–H and O–H groups in total. The molecule has 0 spiro atoms. The first-order valence-electron chi connectivity index (χ1n) is 9.78. The number of fused-ring (bicyclic) bond motifs is 1. The van der Waals surface area contributed by atoms with E-state index in [4.69, 9.17) is 4.74 Å². The van der Waals surface area contributed by atoms with Crippen LogP contribution in [0.2, 0.25) is 0 Å². The number of nitrogens with zero attached hydrogens (tertiary/aromatic N) is 4. The standard InChI is InChI=1S/C21H19FN4O6/c1-11-8-13(26(30)31)9-14-18(11)23-19(16-4-3-7-24(16)21(28)29)25(20(14)27)12-5-6-17(32-2)15(22)10-12/h5-6,8-10,16H,3-4,7H2,1-2H3,(H,28,29). The summed E-state index contributed by atoms with van der Waals surface area (Å²) in [6.45, 7) is 1.86. The summed E-state index contributed by atoms with van der Waals surface area (Å²) in [7, 11) is 1.30. The van der Waals surface area contributed by atoms with Gasteiger partial charge in [-0.15, -0.1) is 0 Å². The van der Waals surface area contributed by atoms with Gasteiger partial charge < -0.3 is 9.84 Å². The van der Waals surface area contributed by atoms with Crippen LogP contribution in [0.1, 0.15) is 30.3 Å². The number of halogens is 1. The number of non-ortho nitro benzene ring substituents is 1. The normalized spacial score (nSPS) is 15.8. The number of nitro groups is 1. The smallest absolute Gasteiger partial charge is 0.407 e. The topological polar surface area (TPSA) is 128 Å². The van der Waals surface area contributed by atoms with Gasteiger partial charge in [0.1, 0.15) is 5.82 Å². The Balaban J connectivity index is 2.07. The van der Waals surface area contributed by atoms with E-state index >= 15 is 0 Å². The Morgan fingerprint density at radius 1 is 1.34 bits per heavy atom. The fourth-order valence-electron chi connectivity index (χ4n) is 4.10. The molecule has 1 aliphatic heterocycles. The minimum absolute atomic E-state index is 0.0171. The van der Waals surface area contributed by atoms with Gasteiger partial charge in [-0.2, -0.15) is 0 Å². The van der Waals surface area contributed by atoms with E-state index in [0.717, 1.165) is 16.7 Å². The van der Waals surface area contributed by atoms with Gasteiger partial charge in [0.05, 0.1) is 34.7 Å². The van der Waals surface area contributed by atoms with Crippen molar-refractivity contribution < 1.29 is 24.0 Å². The van der Waals surface area contributed by atoms with E-state index in [-0.39, 0.29) is 40.4 Å². The molecule has 0 saturated carbocycles. The molecule has 32 heavy (non-hydrogen) atoms. The van der Waals surface area contributed by atoms with Crippen molar-refractivity contribution in [1.29, 1.82) is 0 Å². The minimum Gasteiger partial charge on any atom is -0.494 e. The number of nitro benzene ring substituents is 1. The summed E-state index contributed by atoms with van der Waals surface area (Å²) in [6, 6.07) is 5.57. The van der Waals surface area contributed by atoms with E-state index in [2.05, 4.69) is 4.98 Å². The molecule has 0 bridgehead atoms. The van der Waals surface area contributed by atoms with Crippen LogP contribution in [0.5, 0.6) is 5.75 Å². The van der Waals surface area contributed by atoms with Crippen molar-refractivity contribution in [1.82, 2.24) is 14.5 Å². The van der Waals surface area contributed by atoms with Crippen LogP contribution in [0.4, 0.5) is 14.9 Å². The third-order valence-electron chi connectivity index (χ3n) is 5.58. The van der Waals surface area contributed by atoms with Gasteiger partial charge in [-0.25, -0.2) is 14.2 Å². The lowest BCUT2D eigenvalue weighted by Gasteiger charge is -2.24. The summed E-state index contributed by atoms with van der Waals surface area (Å²) in [5, 5.41) is 20.9. The minimum atomic E-state index is -1.16. The van der Waals surface area contributed by atoms with Gasteiger partial charge in [-0.1, -0.05) is 0 Å². The average Bonchev–Trinajstić information content (AvgIpc) is 3.24. The van der Waals surface area contributed by atoms with Gasteiger partial charge in [-0.05, 0) is 37.5 Å². The predicted octanol–water partition coefficient (Wildman–Crippen LogP) is 3.56. The lowest BCUT2D eigenvalue weighted by molar-refractivity contribution is -0.384. The van der Waals surface area contributed by atoms with E-state index in [9.17, 15) is 29.2 Å². The zero-order valence-electron chi connectivity index (χ0n) is 17.2. The number of aromatic nitrogens is 2. The number of carbonyl (C=O) groups is 1. The highest BCUT2D eigenvalue weighted by atomic mass is 19.1. The Bertz CT molecular complexity index is 1320. The van der Waals surface area contributed by atoms with Crippen LogP contribution in [0.3, 0.4) is 0 Å². The van der Waals surface area contributed by atoms with E-state index in [1.54, 1.807) is 6.92 Å². The number of benzene rings is 2. The molecule has 4 rings (SSSR count). The first-order chi connectivity index (χ1) is 15.2. The molecule has 0 radical (unpaired) electrons. The number of ether oxygens (including phenoxy) is 1. The molecule has 2 heterocycles. The van der Waals surface area contributed by atoms with Gasteiger partial charge in [0.25, 0.3) is 11.2 Å². The second-order valence-electron chi connectivity index (χ2n) is 7.48. The van der Waals surface area contributed by atoms with Gasteiger partial charge in [0.2, 0.25) is 0 Å². The molecule has 2 aromatic carbocycles. The van der Waals surface area contributed by atoms with Gasteiger partial charge in [-0.3, -0.25) is 24.4 Å². The molecule has 166 valence electrons. The van der Waals surface area contributed by atoms with E-state index < -0.39 is 28.4 Å². The highest BCUT2D eigenvalue weighted by Crippen LogP contribution is 2.33. The van der Waals surface area contributed by atoms with E-state index in [0.29, 0.717) is 18.4 Å². The number of rotatable bonds is 4. The average molecular weight is 442 g/mol. The van der Waals surface area contributed by atoms with Crippen LogP contribution in [0.25, 0.3) is 16.6 Å². The summed E-state index contributed by atoms with van der Waals surface area (Å²) >= 11 is 0. The second-order valence-corrected chi connectivity index (χ2v) is 7.48. The first-order valence-corrected chi connectivity index (χ1v) is 9.78. The molecule has 1 saturated heterocycles. The van der Waals surface area contributed by atoms with Gasteiger partial charge >= 0.3 is 6.09 Å². The number of hydrogen-bond donors (Lipinski definition) is 1. The van der Waals surface area contributed by atoms with Crippen LogP contribution < -0.4 is 10.3 Å². The lowest BCUT2D eigenvalue weighted by Crippen LogP contribution is -2.34. The van der Waals surface area contributed by atoms with Crippen LogP contribution in [0, 0.1) is 22.9 Å². The number of aryl methyl sites for hydroxylation is 1. The maximum Gasteiger partial charge on any atom is 0.407 e. The first kappa shape index (κ1) is 21.2. The lowest BCUT2D eigenvalue weighted by atomic mass is 10.1. The highest BCUT2D eigenvalue weighted by molar-refractivity contribution is 5.84. The summed E-state index contributed by atoms with van der Waals surface area (Å²) in [6.07, 6.45) is -0.162. The van der Waals surface area contributed by atoms with Crippen molar-refractivity contribution in [3.05, 3.63) is 68.0 Å². The summed E-state index contributed by atoms with van der Waals surface area (Å²) in [5.74, 6) is -0.625. The molecule has 10 nitrogen and oxygen atoms in total. The molecule has 0 aliphatic carbocycles. The van der Waals surface area contributed by atoms with Crippen molar-refractivity contribution in [2.24, 2.45) is 0 Å². The van der Waals surface area contributed by atoms with E-state index in [1.165, 1.54) is 30.2 Å². The predicted molar refractivity (Wildman–Crippen MR) is 112 cm³/mol. The van der Waals surface area contributed by atoms with Crippen molar-refractivity contribution in [2.45, 2.75) is 25.8 Å².